The Kier molecular flexibility index (Phi) is 5.04. The Balaban J connectivity index is 1.70. The summed E-state index contributed by atoms with van der Waals surface area (Å²) in [4.78, 5) is 26.5. The molecule has 0 unspecified atom stereocenters. The van der Waals surface area contributed by atoms with Crippen molar-refractivity contribution in [1.82, 2.24) is 29.6 Å². The quantitative estimate of drug-likeness (QED) is 0.517. The third-order valence-electron chi connectivity index (χ3n) is 4.89. The molecule has 0 atom stereocenters. The predicted molar refractivity (Wildman–Crippen MR) is 120 cm³/mol. The topological polar surface area (TPSA) is 115 Å². The summed E-state index contributed by atoms with van der Waals surface area (Å²) in [6.07, 6.45) is 1.52. The van der Waals surface area contributed by atoms with Gasteiger partial charge in [-0.3, -0.25) is 4.68 Å². The lowest BCUT2D eigenvalue weighted by atomic mass is 10.1. The summed E-state index contributed by atoms with van der Waals surface area (Å²) in [5, 5.41) is 5.35. The van der Waals surface area contributed by atoms with Crippen LogP contribution in [0.15, 0.2) is 30.5 Å². The number of aromatic amines is 1. The number of H-pyrrole nitrogens is 1. The number of rotatable bonds is 4. The molecule has 0 fully saturated rings. The van der Waals surface area contributed by atoms with Gasteiger partial charge < -0.3 is 20.4 Å². The number of nitrogen functional groups attached to an aromatic ring is 1. The summed E-state index contributed by atoms with van der Waals surface area (Å²) in [5.41, 5.74) is 9.62. The molecule has 0 saturated heterocycles. The number of anilines is 1. The number of ether oxygens (including phenoxy) is 1. The van der Waals surface area contributed by atoms with E-state index in [9.17, 15) is 4.79 Å². The number of nitrogens with one attached hydrogen (secondary N) is 1. The maximum absolute atomic E-state index is 12.5. The van der Waals surface area contributed by atoms with Crippen LogP contribution >= 0.6 is 0 Å². The minimum absolute atomic E-state index is 0.285. The number of nitrogens with zero attached hydrogens (tertiary/aromatic N) is 5. The molecule has 1 amide bonds. The molecule has 9 heteroatoms. The molecule has 3 aromatic heterocycles. The molecule has 3 heterocycles. The molecule has 9 nitrogen and oxygen atoms in total. The van der Waals surface area contributed by atoms with Gasteiger partial charge in [-0.1, -0.05) is 6.07 Å². The molecule has 31 heavy (non-hydrogen) atoms. The maximum atomic E-state index is 12.5. The molecule has 0 spiro atoms. The van der Waals surface area contributed by atoms with E-state index in [4.69, 9.17) is 10.5 Å². The highest BCUT2D eigenvalue weighted by molar-refractivity contribution is 6.07. The summed E-state index contributed by atoms with van der Waals surface area (Å²) in [5.74, 6) is 0.959. The van der Waals surface area contributed by atoms with E-state index in [1.54, 1.807) is 9.58 Å². The van der Waals surface area contributed by atoms with E-state index >= 15 is 0 Å². The van der Waals surface area contributed by atoms with E-state index in [2.05, 4.69) is 20.1 Å². The number of benzene rings is 1. The fourth-order valence-electron chi connectivity index (χ4n) is 3.44. The average molecular weight is 422 g/mol. The number of aryl methyl sites for hydroxylation is 1. The molecule has 0 bridgehead atoms. The fourth-order valence-corrected chi connectivity index (χ4v) is 3.44. The first-order valence-corrected chi connectivity index (χ1v) is 10.2. The van der Waals surface area contributed by atoms with Crippen LogP contribution in [0, 0.1) is 0 Å². The first kappa shape index (κ1) is 20.6. The molecule has 0 radical (unpaired) electrons. The molecule has 0 saturated carbocycles. The van der Waals surface area contributed by atoms with E-state index < -0.39 is 5.60 Å². The smallest absolute Gasteiger partial charge is 0.410 e. The lowest BCUT2D eigenvalue weighted by Crippen LogP contribution is -2.36. The number of hydrogen-bond acceptors (Lipinski definition) is 6. The van der Waals surface area contributed by atoms with Crippen molar-refractivity contribution in [2.45, 2.75) is 39.8 Å². The number of carbonyl (C=O) groups excluding carboxylic acids is 1. The number of nitrogens with two attached hydrogens (primary N) is 1. The molecule has 3 N–H and O–H groups in total. The van der Waals surface area contributed by atoms with Crippen molar-refractivity contribution in [2.24, 2.45) is 7.05 Å². The van der Waals surface area contributed by atoms with Gasteiger partial charge in [0.15, 0.2) is 5.82 Å². The van der Waals surface area contributed by atoms with E-state index in [1.165, 1.54) is 0 Å². The predicted octanol–water partition coefficient (Wildman–Crippen LogP) is 3.85. The minimum Gasteiger partial charge on any atom is -0.444 e. The summed E-state index contributed by atoms with van der Waals surface area (Å²) in [7, 11) is 1.88. The Labute approximate surface area is 180 Å². The van der Waals surface area contributed by atoms with Gasteiger partial charge in [-0.15, -0.1) is 0 Å². The summed E-state index contributed by atoms with van der Waals surface area (Å²) in [6.45, 7) is 8.21. The highest BCUT2D eigenvalue weighted by Gasteiger charge is 2.22. The lowest BCUT2D eigenvalue weighted by Gasteiger charge is -2.25. The van der Waals surface area contributed by atoms with Crippen LogP contribution in [0.25, 0.3) is 33.2 Å². The van der Waals surface area contributed by atoms with Gasteiger partial charge in [0.25, 0.3) is 0 Å². The Morgan fingerprint density at radius 3 is 2.68 bits per heavy atom. The van der Waals surface area contributed by atoms with E-state index in [0.717, 1.165) is 27.7 Å². The molecule has 0 aliphatic carbocycles. The Bertz CT molecular complexity index is 1270. The SMILES string of the molecule is CCN(Cc1nc2c(N)nc3cc(-c4ccn(C)n4)ccc3c2[nH]1)C(=O)OC(C)(C)C. The first-order chi connectivity index (χ1) is 14.6. The second-order valence-electron chi connectivity index (χ2n) is 8.51. The molecular weight excluding hydrogens is 394 g/mol. The number of hydrogen-bond donors (Lipinski definition) is 2. The van der Waals surface area contributed by atoms with Crippen molar-refractivity contribution in [3.63, 3.8) is 0 Å². The molecule has 4 rings (SSSR count). The number of pyridine rings is 1. The van der Waals surface area contributed by atoms with Crippen LogP contribution in [0.5, 0.6) is 0 Å². The van der Waals surface area contributed by atoms with E-state index in [0.29, 0.717) is 23.7 Å². The van der Waals surface area contributed by atoms with Crippen LogP contribution < -0.4 is 5.73 Å². The van der Waals surface area contributed by atoms with Gasteiger partial charge in [-0.05, 0) is 45.9 Å². The number of imidazole rings is 1. The highest BCUT2D eigenvalue weighted by atomic mass is 16.6. The minimum atomic E-state index is -0.561. The monoisotopic (exact) mass is 421 g/mol. The Morgan fingerprint density at radius 2 is 2.03 bits per heavy atom. The standard InChI is InChI=1S/C22H27N7O2/c1-6-29(21(30)31-22(2,3)4)12-17-25-18-14-8-7-13(15-9-10-28(5)27-15)11-16(14)24-20(23)19(18)26-17/h7-11H,6,12H2,1-5H3,(H2,23,24)(H,25,26). The Morgan fingerprint density at radius 1 is 1.26 bits per heavy atom. The number of aromatic nitrogens is 5. The van der Waals surface area contributed by atoms with Crippen molar-refractivity contribution < 1.29 is 9.53 Å². The van der Waals surface area contributed by atoms with Crippen molar-refractivity contribution in [1.29, 1.82) is 0 Å². The molecule has 4 aromatic rings. The fraction of sp³-hybridized carbons (Fsp3) is 0.364. The van der Waals surface area contributed by atoms with E-state index in [-0.39, 0.29) is 12.6 Å². The zero-order valence-corrected chi connectivity index (χ0v) is 18.4. The van der Waals surface area contributed by atoms with Gasteiger partial charge in [0, 0.05) is 30.7 Å². The van der Waals surface area contributed by atoms with Crippen LogP contribution in [0.3, 0.4) is 0 Å². The summed E-state index contributed by atoms with van der Waals surface area (Å²) < 4.78 is 7.25. The van der Waals surface area contributed by atoms with Crippen molar-refractivity contribution in [3.8, 4) is 11.3 Å². The van der Waals surface area contributed by atoms with Gasteiger partial charge in [-0.25, -0.2) is 14.8 Å². The second-order valence-corrected chi connectivity index (χ2v) is 8.51. The van der Waals surface area contributed by atoms with E-state index in [1.807, 2.05) is 65.2 Å². The number of fused-ring (bicyclic) bond motifs is 3. The summed E-state index contributed by atoms with van der Waals surface area (Å²) in [6, 6.07) is 7.91. The third kappa shape index (κ3) is 4.16. The maximum Gasteiger partial charge on any atom is 0.410 e. The zero-order chi connectivity index (χ0) is 22.3. The van der Waals surface area contributed by atoms with Crippen LogP contribution in [-0.2, 0) is 18.3 Å². The Hall–Kier alpha value is -3.62. The van der Waals surface area contributed by atoms with Crippen LogP contribution in [0.2, 0.25) is 0 Å². The van der Waals surface area contributed by atoms with Gasteiger partial charge in [0.1, 0.15) is 16.9 Å². The molecule has 1 aromatic carbocycles. The van der Waals surface area contributed by atoms with Crippen LogP contribution in [-0.4, -0.2) is 47.9 Å². The normalized spacial score (nSPS) is 11.9. The van der Waals surface area contributed by atoms with Gasteiger partial charge >= 0.3 is 6.09 Å². The molecule has 0 aliphatic heterocycles. The van der Waals surface area contributed by atoms with Gasteiger partial charge in [0.05, 0.1) is 23.3 Å². The van der Waals surface area contributed by atoms with Crippen molar-refractivity contribution in [2.75, 3.05) is 12.3 Å². The largest absolute Gasteiger partial charge is 0.444 e. The second kappa shape index (κ2) is 7.57. The van der Waals surface area contributed by atoms with Crippen molar-refractivity contribution in [3.05, 3.63) is 36.3 Å². The highest BCUT2D eigenvalue weighted by Crippen LogP contribution is 2.29. The van der Waals surface area contributed by atoms with Gasteiger partial charge in [0.2, 0.25) is 0 Å². The zero-order valence-electron chi connectivity index (χ0n) is 18.4. The van der Waals surface area contributed by atoms with Crippen LogP contribution in [0.1, 0.15) is 33.5 Å². The third-order valence-corrected chi connectivity index (χ3v) is 4.89. The average Bonchev–Trinajstić information content (AvgIpc) is 3.31. The molecule has 162 valence electrons. The lowest BCUT2D eigenvalue weighted by molar-refractivity contribution is 0.0240. The molecular formula is C22H27N7O2. The van der Waals surface area contributed by atoms with Crippen molar-refractivity contribution >= 4 is 33.8 Å². The number of amides is 1. The van der Waals surface area contributed by atoms with Crippen LogP contribution in [0.4, 0.5) is 10.6 Å². The number of carbonyl (C=O) groups is 1. The molecule has 0 aliphatic rings. The summed E-state index contributed by atoms with van der Waals surface area (Å²) >= 11 is 0. The first-order valence-electron chi connectivity index (χ1n) is 10.2. The van der Waals surface area contributed by atoms with Gasteiger partial charge in [-0.2, -0.15) is 5.10 Å².